The molecule has 2 aliphatic rings. The molecule has 4 rings (SSSR count). The van der Waals surface area contributed by atoms with E-state index in [-0.39, 0.29) is 43.9 Å². The molecule has 1 saturated heterocycles. The van der Waals surface area contributed by atoms with Gasteiger partial charge in [0.25, 0.3) is 0 Å². The Kier molecular flexibility index (Phi) is 6.70. The second-order valence-corrected chi connectivity index (χ2v) is 7.98. The van der Waals surface area contributed by atoms with Crippen molar-refractivity contribution in [1.82, 2.24) is 10.6 Å². The molecule has 2 atom stereocenters. The molecule has 1 aliphatic carbocycles. The quantitative estimate of drug-likeness (QED) is 0.584. The number of fused-ring (bicyclic) bond motifs is 3. The Morgan fingerprint density at radius 3 is 2.31 bits per heavy atom. The molecule has 32 heavy (non-hydrogen) atoms. The van der Waals surface area contributed by atoms with Crippen LogP contribution >= 0.6 is 0 Å². The number of alkyl carbamates (subject to hydrolysis) is 1. The second kappa shape index (κ2) is 9.82. The summed E-state index contributed by atoms with van der Waals surface area (Å²) >= 11 is 0. The molecule has 0 saturated carbocycles. The molecule has 8 nitrogen and oxygen atoms in total. The summed E-state index contributed by atoms with van der Waals surface area (Å²) in [7, 11) is 0. The molecule has 0 spiro atoms. The fourth-order valence-electron chi connectivity index (χ4n) is 4.38. The summed E-state index contributed by atoms with van der Waals surface area (Å²) < 4.78 is 10.6. The van der Waals surface area contributed by atoms with E-state index in [1.54, 1.807) is 0 Å². The number of carboxylic acids is 1. The number of ether oxygens (including phenoxy) is 2. The van der Waals surface area contributed by atoms with Crippen LogP contribution in [0.15, 0.2) is 48.5 Å². The molecule has 2 aromatic rings. The van der Waals surface area contributed by atoms with Gasteiger partial charge in [-0.2, -0.15) is 0 Å². The van der Waals surface area contributed by atoms with Crippen LogP contribution in [0.4, 0.5) is 4.79 Å². The Labute approximate surface area is 185 Å². The van der Waals surface area contributed by atoms with Crippen molar-refractivity contribution in [1.29, 1.82) is 0 Å². The van der Waals surface area contributed by atoms with Gasteiger partial charge in [0, 0.05) is 38.0 Å². The Morgan fingerprint density at radius 1 is 1.00 bits per heavy atom. The Balaban J connectivity index is 1.20. The number of rotatable bonds is 8. The van der Waals surface area contributed by atoms with Crippen LogP contribution in [0.3, 0.4) is 0 Å². The molecule has 2 aromatic carbocycles. The standard InChI is InChI=1S/C24H26N2O6/c27-21(26-13-15-10-12-31-22(15)23(28)29)9-11-25-24(30)32-14-20-18-7-3-1-5-16(18)17-6-2-4-8-19(17)20/h1-8,15,20,22H,9-14H2,(H,25,30)(H,26,27)(H,28,29)/t15-,22-/m1/s1. The molecule has 8 heteroatoms. The van der Waals surface area contributed by atoms with Gasteiger partial charge in [0.1, 0.15) is 6.61 Å². The first-order valence-corrected chi connectivity index (χ1v) is 10.7. The molecular formula is C24H26N2O6. The summed E-state index contributed by atoms with van der Waals surface area (Å²) in [6, 6.07) is 16.2. The van der Waals surface area contributed by atoms with E-state index in [1.807, 2.05) is 24.3 Å². The number of carbonyl (C=O) groups excluding carboxylic acids is 2. The van der Waals surface area contributed by atoms with E-state index in [0.717, 1.165) is 22.3 Å². The SMILES string of the molecule is O=C(CCNC(=O)OCC1c2ccccc2-c2ccccc21)NC[C@H]1CCO[C@H]1C(=O)O. The van der Waals surface area contributed by atoms with Crippen LogP contribution in [0.25, 0.3) is 11.1 Å². The van der Waals surface area contributed by atoms with Gasteiger partial charge in [-0.05, 0) is 28.7 Å². The van der Waals surface area contributed by atoms with E-state index in [1.165, 1.54) is 0 Å². The summed E-state index contributed by atoms with van der Waals surface area (Å²) in [5, 5.41) is 14.4. The molecule has 2 amide bonds. The number of hydrogen-bond donors (Lipinski definition) is 3. The van der Waals surface area contributed by atoms with Crippen molar-refractivity contribution in [2.75, 3.05) is 26.3 Å². The van der Waals surface area contributed by atoms with Gasteiger partial charge in [-0.15, -0.1) is 0 Å². The summed E-state index contributed by atoms with van der Waals surface area (Å²) in [5.74, 6) is -1.54. The summed E-state index contributed by atoms with van der Waals surface area (Å²) in [6.07, 6.45) is -0.783. The minimum atomic E-state index is -1.02. The van der Waals surface area contributed by atoms with Crippen molar-refractivity contribution < 1.29 is 29.0 Å². The average molecular weight is 438 g/mol. The lowest BCUT2D eigenvalue weighted by atomic mass is 9.98. The highest BCUT2D eigenvalue weighted by molar-refractivity contribution is 5.79. The first-order valence-electron chi connectivity index (χ1n) is 10.7. The smallest absolute Gasteiger partial charge is 0.407 e. The van der Waals surface area contributed by atoms with Gasteiger partial charge in [0.15, 0.2) is 6.10 Å². The van der Waals surface area contributed by atoms with Crippen LogP contribution in [0, 0.1) is 5.92 Å². The number of nitrogens with one attached hydrogen (secondary N) is 2. The number of carboxylic acid groups (broad SMARTS) is 1. The van der Waals surface area contributed by atoms with Gasteiger partial charge in [0.05, 0.1) is 0 Å². The van der Waals surface area contributed by atoms with Crippen LogP contribution < -0.4 is 10.6 Å². The van der Waals surface area contributed by atoms with Crippen LogP contribution in [0.1, 0.15) is 29.9 Å². The number of amides is 2. The predicted octanol–water partition coefficient (Wildman–Crippen LogP) is 2.52. The van der Waals surface area contributed by atoms with Crippen LogP contribution in [0.5, 0.6) is 0 Å². The summed E-state index contributed by atoms with van der Waals surface area (Å²) in [5.41, 5.74) is 4.59. The molecule has 168 valence electrons. The lowest BCUT2D eigenvalue weighted by Gasteiger charge is -2.16. The molecule has 1 fully saturated rings. The number of hydrogen-bond acceptors (Lipinski definition) is 5. The zero-order valence-corrected chi connectivity index (χ0v) is 17.6. The molecule has 0 radical (unpaired) electrons. The molecule has 0 unspecified atom stereocenters. The zero-order chi connectivity index (χ0) is 22.5. The van der Waals surface area contributed by atoms with Crippen LogP contribution in [-0.2, 0) is 19.1 Å². The number of carbonyl (C=O) groups is 3. The molecule has 1 heterocycles. The van der Waals surface area contributed by atoms with Gasteiger partial charge >= 0.3 is 12.1 Å². The van der Waals surface area contributed by atoms with E-state index in [2.05, 4.69) is 34.9 Å². The third-order valence-electron chi connectivity index (χ3n) is 5.98. The second-order valence-electron chi connectivity index (χ2n) is 7.98. The number of benzene rings is 2. The molecule has 1 aliphatic heterocycles. The van der Waals surface area contributed by atoms with E-state index in [9.17, 15) is 14.4 Å². The van der Waals surface area contributed by atoms with Crippen molar-refractivity contribution in [2.45, 2.75) is 24.9 Å². The topological polar surface area (TPSA) is 114 Å². The Bertz CT molecular complexity index is 962. The van der Waals surface area contributed by atoms with Gasteiger partial charge < -0.3 is 25.2 Å². The summed E-state index contributed by atoms with van der Waals surface area (Å²) in [6.45, 7) is 0.956. The largest absolute Gasteiger partial charge is 0.479 e. The third-order valence-corrected chi connectivity index (χ3v) is 5.98. The Morgan fingerprint density at radius 2 is 1.66 bits per heavy atom. The highest BCUT2D eigenvalue weighted by Gasteiger charge is 2.34. The minimum absolute atomic E-state index is 0.0211. The lowest BCUT2D eigenvalue weighted by Crippen LogP contribution is -2.37. The van der Waals surface area contributed by atoms with Crippen molar-refractivity contribution in [2.24, 2.45) is 5.92 Å². The molecule has 0 aromatic heterocycles. The lowest BCUT2D eigenvalue weighted by molar-refractivity contribution is -0.149. The first-order chi connectivity index (χ1) is 15.5. The highest BCUT2D eigenvalue weighted by Crippen LogP contribution is 2.44. The van der Waals surface area contributed by atoms with Crippen molar-refractivity contribution in [3.8, 4) is 11.1 Å². The van der Waals surface area contributed by atoms with Crippen LogP contribution in [0.2, 0.25) is 0 Å². The van der Waals surface area contributed by atoms with Gasteiger partial charge in [-0.25, -0.2) is 9.59 Å². The zero-order valence-electron chi connectivity index (χ0n) is 17.6. The highest BCUT2D eigenvalue weighted by atomic mass is 16.5. The number of aliphatic carboxylic acids is 1. The predicted molar refractivity (Wildman–Crippen MR) is 116 cm³/mol. The molecule has 3 N–H and O–H groups in total. The van der Waals surface area contributed by atoms with Gasteiger partial charge in [-0.3, -0.25) is 4.79 Å². The van der Waals surface area contributed by atoms with E-state index in [0.29, 0.717) is 13.0 Å². The normalized spacial score (nSPS) is 19.1. The maximum atomic E-state index is 12.1. The summed E-state index contributed by atoms with van der Waals surface area (Å²) in [4.78, 5) is 35.2. The monoisotopic (exact) mass is 438 g/mol. The maximum absolute atomic E-state index is 12.1. The van der Waals surface area contributed by atoms with Crippen LogP contribution in [-0.4, -0.2) is 55.5 Å². The molecular weight excluding hydrogens is 412 g/mol. The van der Waals surface area contributed by atoms with Crippen molar-refractivity contribution in [3.05, 3.63) is 59.7 Å². The third kappa shape index (κ3) is 4.75. The minimum Gasteiger partial charge on any atom is -0.479 e. The van der Waals surface area contributed by atoms with E-state index >= 15 is 0 Å². The Hall–Kier alpha value is -3.39. The fourth-order valence-corrected chi connectivity index (χ4v) is 4.38. The van der Waals surface area contributed by atoms with Crippen molar-refractivity contribution >= 4 is 18.0 Å². The van der Waals surface area contributed by atoms with Gasteiger partial charge in [-0.1, -0.05) is 48.5 Å². The van der Waals surface area contributed by atoms with E-state index in [4.69, 9.17) is 14.6 Å². The average Bonchev–Trinajstić information content (AvgIpc) is 3.39. The van der Waals surface area contributed by atoms with Crippen molar-refractivity contribution in [3.63, 3.8) is 0 Å². The van der Waals surface area contributed by atoms with E-state index < -0.39 is 18.2 Å². The first kappa shape index (κ1) is 21.8. The molecule has 0 bridgehead atoms. The fraction of sp³-hybridized carbons (Fsp3) is 0.375. The maximum Gasteiger partial charge on any atom is 0.407 e. The van der Waals surface area contributed by atoms with Gasteiger partial charge in [0.2, 0.25) is 5.91 Å².